The Bertz CT molecular complexity index is 838. The van der Waals surface area contributed by atoms with Gasteiger partial charge in [0.15, 0.2) is 5.96 Å². The van der Waals surface area contributed by atoms with Gasteiger partial charge in [-0.3, -0.25) is 9.79 Å². The Kier molecular flexibility index (Phi) is 9.08. The predicted molar refractivity (Wildman–Crippen MR) is 130 cm³/mol. The molecule has 0 radical (unpaired) electrons. The molecule has 0 aromatic heterocycles. The molecule has 0 saturated heterocycles. The largest absolute Gasteiger partial charge is 0.369 e. The van der Waals surface area contributed by atoms with Crippen molar-refractivity contribution in [1.82, 2.24) is 10.6 Å². The summed E-state index contributed by atoms with van der Waals surface area (Å²) in [6, 6.07) is 16.6. The van der Waals surface area contributed by atoms with Gasteiger partial charge in [-0.05, 0) is 49.4 Å². The van der Waals surface area contributed by atoms with Gasteiger partial charge in [0.1, 0.15) is 5.82 Å². The van der Waals surface area contributed by atoms with Crippen LogP contribution in [0, 0.1) is 11.7 Å². The van der Waals surface area contributed by atoms with Gasteiger partial charge in [-0.2, -0.15) is 0 Å². The molecule has 30 heavy (non-hydrogen) atoms. The number of carbonyl (C=O) groups excluding carboxylic acids is 1. The SMILES string of the molecule is CCNC(=NCC1(c2ccccc2)CC1)NCC(Cc1ccc(F)cc1)C(N)=O.I. The van der Waals surface area contributed by atoms with Crippen molar-refractivity contribution in [2.45, 2.75) is 31.6 Å². The molecule has 1 aliphatic rings. The molecule has 1 saturated carbocycles. The third-order valence-corrected chi connectivity index (χ3v) is 5.44. The van der Waals surface area contributed by atoms with Crippen LogP contribution in [0.15, 0.2) is 59.6 Å². The van der Waals surface area contributed by atoms with Crippen LogP contribution >= 0.6 is 24.0 Å². The second-order valence-corrected chi connectivity index (χ2v) is 7.65. The van der Waals surface area contributed by atoms with E-state index in [4.69, 9.17) is 10.7 Å². The molecule has 5 nitrogen and oxygen atoms in total. The number of hydrogen-bond donors (Lipinski definition) is 3. The van der Waals surface area contributed by atoms with Crippen LogP contribution in [0.3, 0.4) is 0 Å². The topological polar surface area (TPSA) is 79.5 Å². The molecule has 1 fully saturated rings. The molecule has 1 aliphatic carbocycles. The minimum Gasteiger partial charge on any atom is -0.369 e. The van der Waals surface area contributed by atoms with Gasteiger partial charge in [0.05, 0.1) is 12.5 Å². The van der Waals surface area contributed by atoms with E-state index >= 15 is 0 Å². The van der Waals surface area contributed by atoms with Crippen LogP contribution in [0.25, 0.3) is 0 Å². The minimum absolute atomic E-state index is 0. The first-order valence-corrected chi connectivity index (χ1v) is 10.1. The molecule has 4 N–H and O–H groups in total. The van der Waals surface area contributed by atoms with Crippen LogP contribution in [0.1, 0.15) is 30.9 Å². The fraction of sp³-hybridized carbons (Fsp3) is 0.391. The van der Waals surface area contributed by atoms with E-state index in [-0.39, 0.29) is 41.1 Å². The molecule has 1 amide bonds. The predicted octanol–water partition coefficient (Wildman–Crippen LogP) is 3.37. The van der Waals surface area contributed by atoms with E-state index < -0.39 is 5.92 Å². The summed E-state index contributed by atoms with van der Waals surface area (Å²) in [5.41, 5.74) is 7.92. The second-order valence-electron chi connectivity index (χ2n) is 7.65. The number of nitrogens with one attached hydrogen (secondary N) is 2. The van der Waals surface area contributed by atoms with Crippen LogP contribution in [-0.2, 0) is 16.6 Å². The fourth-order valence-corrected chi connectivity index (χ4v) is 3.45. The van der Waals surface area contributed by atoms with Gasteiger partial charge in [-0.25, -0.2) is 4.39 Å². The van der Waals surface area contributed by atoms with E-state index in [2.05, 4.69) is 34.9 Å². The Hall–Kier alpha value is -2.16. The summed E-state index contributed by atoms with van der Waals surface area (Å²) in [6.07, 6.45) is 2.72. The first-order valence-electron chi connectivity index (χ1n) is 10.1. The standard InChI is InChI=1S/C23H29FN4O.HI/c1-2-26-22(28-16-23(12-13-23)19-6-4-3-5-7-19)27-15-18(21(25)29)14-17-8-10-20(24)11-9-17;/h3-11,18H,2,12-16H2,1H3,(H2,25,29)(H2,26,27,28);1H. The quantitative estimate of drug-likeness (QED) is 0.268. The van der Waals surface area contributed by atoms with Gasteiger partial charge in [-0.1, -0.05) is 42.5 Å². The molecule has 1 unspecified atom stereocenters. The third kappa shape index (κ3) is 6.68. The van der Waals surface area contributed by atoms with Crippen molar-refractivity contribution in [2.75, 3.05) is 19.6 Å². The Morgan fingerprint density at radius 1 is 1.13 bits per heavy atom. The van der Waals surface area contributed by atoms with Crippen molar-refractivity contribution in [3.8, 4) is 0 Å². The molecule has 0 aliphatic heterocycles. The number of hydrogen-bond acceptors (Lipinski definition) is 2. The van der Waals surface area contributed by atoms with Crippen molar-refractivity contribution >= 4 is 35.8 Å². The molecular weight excluding hydrogens is 494 g/mol. The van der Waals surface area contributed by atoms with E-state index in [0.717, 1.165) is 24.9 Å². The Balaban J connectivity index is 0.00000320. The van der Waals surface area contributed by atoms with Crippen molar-refractivity contribution in [2.24, 2.45) is 16.6 Å². The van der Waals surface area contributed by atoms with Crippen LogP contribution in [-0.4, -0.2) is 31.5 Å². The number of amides is 1. The molecule has 2 aromatic rings. The molecule has 162 valence electrons. The number of primary amides is 1. The Labute approximate surface area is 194 Å². The molecule has 0 heterocycles. The smallest absolute Gasteiger partial charge is 0.222 e. The zero-order valence-electron chi connectivity index (χ0n) is 17.2. The number of guanidine groups is 1. The van der Waals surface area contributed by atoms with Gasteiger partial charge in [0.2, 0.25) is 5.91 Å². The van der Waals surface area contributed by atoms with Crippen LogP contribution in [0.5, 0.6) is 0 Å². The number of benzene rings is 2. The molecular formula is C23H30FIN4O. The number of aliphatic imine (C=N–C) groups is 1. The number of halogens is 2. The van der Waals surface area contributed by atoms with E-state index in [0.29, 0.717) is 25.5 Å². The van der Waals surface area contributed by atoms with Crippen molar-refractivity contribution in [1.29, 1.82) is 0 Å². The normalized spacial score (nSPS) is 15.6. The van der Waals surface area contributed by atoms with Crippen molar-refractivity contribution in [3.05, 3.63) is 71.5 Å². The summed E-state index contributed by atoms with van der Waals surface area (Å²) in [5.74, 6) is -0.412. The monoisotopic (exact) mass is 524 g/mol. The number of carbonyl (C=O) groups is 1. The maximum absolute atomic E-state index is 13.1. The first-order chi connectivity index (χ1) is 14.0. The van der Waals surface area contributed by atoms with Gasteiger partial charge in [-0.15, -0.1) is 24.0 Å². The average molecular weight is 524 g/mol. The van der Waals surface area contributed by atoms with Crippen molar-refractivity contribution < 1.29 is 9.18 Å². The summed E-state index contributed by atoms with van der Waals surface area (Å²) in [6.45, 7) is 3.80. The lowest BCUT2D eigenvalue weighted by atomic mass is 9.96. The van der Waals surface area contributed by atoms with E-state index in [1.54, 1.807) is 12.1 Å². The third-order valence-electron chi connectivity index (χ3n) is 5.44. The fourth-order valence-electron chi connectivity index (χ4n) is 3.45. The van der Waals surface area contributed by atoms with Gasteiger partial charge < -0.3 is 16.4 Å². The van der Waals surface area contributed by atoms with E-state index in [1.165, 1.54) is 17.7 Å². The highest BCUT2D eigenvalue weighted by atomic mass is 127. The van der Waals surface area contributed by atoms with E-state index in [9.17, 15) is 9.18 Å². The highest BCUT2D eigenvalue weighted by molar-refractivity contribution is 14.0. The van der Waals surface area contributed by atoms with Crippen LogP contribution in [0.4, 0.5) is 4.39 Å². The van der Waals surface area contributed by atoms with Crippen LogP contribution in [0.2, 0.25) is 0 Å². The molecule has 2 aromatic carbocycles. The van der Waals surface area contributed by atoms with Gasteiger partial charge in [0.25, 0.3) is 0 Å². The van der Waals surface area contributed by atoms with Crippen molar-refractivity contribution in [3.63, 3.8) is 0 Å². The summed E-state index contributed by atoms with van der Waals surface area (Å²) < 4.78 is 13.1. The van der Waals surface area contributed by atoms with Gasteiger partial charge in [0, 0.05) is 18.5 Å². The lowest BCUT2D eigenvalue weighted by Crippen LogP contribution is -2.43. The summed E-state index contributed by atoms with van der Waals surface area (Å²) in [4.78, 5) is 16.7. The maximum atomic E-state index is 13.1. The number of nitrogens with two attached hydrogens (primary N) is 1. The Morgan fingerprint density at radius 3 is 2.37 bits per heavy atom. The summed E-state index contributed by atoms with van der Waals surface area (Å²) in [7, 11) is 0. The highest BCUT2D eigenvalue weighted by Gasteiger charge is 2.44. The summed E-state index contributed by atoms with van der Waals surface area (Å²) >= 11 is 0. The maximum Gasteiger partial charge on any atom is 0.222 e. The Morgan fingerprint density at radius 2 is 1.80 bits per heavy atom. The van der Waals surface area contributed by atoms with E-state index in [1.807, 2.05) is 13.0 Å². The highest BCUT2D eigenvalue weighted by Crippen LogP contribution is 2.48. The molecule has 3 rings (SSSR count). The number of rotatable bonds is 9. The minimum atomic E-state index is -0.409. The molecule has 7 heteroatoms. The van der Waals surface area contributed by atoms with Gasteiger partial charge >= 0.3 is 0 Å². The summed E-state index contributed by atoms with van der Waals surface area (Å²) in [5, 5.41) is 6.49. The molecule has 1 atom stereocenters. The second kappa shape index (κ2) is 11.3. The number of nitrogens with zero attached hydrogens (tertiary/aromatic N) is 1. The molecule has 0 bridgehead atoms. The van der Waals surface area contributed by atoms with Crippen LogP contribution < -0.4 is 16.4 Å². The lowest BCUT2D eigenvalue weighted by molar-refractivity contribution is -0.121. The zero-order valence-corrected chi connectivity index (χ0v) is 19.6. The molecule has 0 spiro atoms. The lowest BCUT2D eigenvalue weighted by Gasteiger charge is -2.19. The first kappa shape index (κ1) is 24.1. The zero-order chi connectivity index (χ0) is 20.7. The average Bonchev–Trinajstić information content (AvgIpc) is 3.52.